The molecular formula is C15H16O2. The molecule has 0 aliphatic heterocycles. The number of ether oxygens (including phenoxy) is 2. The molecule has 0 fully saturated rings. The van der Waals surface area contributed by atoms with Crippen molar-refractivity contribution in [3.05, 3.63) is 53.6 Å². The Bertz CT molecular complexity index is 498. The normalized spacial score (nSPS) is 10.1. The highest BCUT2D eigenvalue weighted by Crippen LogP contribution is 2.31. The molecule has 0 saturated carbocycles. The quantitative estimate of drug-likeness (QED) is 0.787. The van der Waals surface area contributed by atoms with Crippen molar-refractivity contribution in [3.8, 4) is 17.2 Å². The first kappa shape index (κ1) is 11.5. The van der Waals surface area contributed by atoms with Gasteiger partial charge < -0.3 is 9.47 Å². The summed E-state index contributed by atoms with van der Waals surface area (Å²) in [5.41, 5.74) is 2.38. The van der Waals surface area contributed by atoms with Crippen LogP contribution in [0.4, 0.5) is 0 Å². The van der Waals surface area contributed by atoms with Crippen LogP contribution in [0.2, 0.25) is 0 Å². The fraction of sp³-hybridized carbons (Fsp3) is 0.200. The lowest BCUT2D eigenvalue weighted by atomic mass is 10.1. The first-order valence-corrected chi connectivity index (χ1v) is 5.58. The van der Waals surface area contributed by atoms with Gasteiger partial charge in [-0.15, -0.1) is 0 Å². The van der Waals surface area contributed by atoms with Crippen LogP contribution < -0.4 is 9.47 Å². The molecule has 2 nitrogen and oxygen atoms in total. The summed E-state index contributed by atoms with van der Waals surface area (Å²) in [5.74, 6) is 2.32. The second kappa shape index (κ2) is 4.91. The van der Waals surface area contributed by atoms with E-state index in [0.29, 0.717) is 0 Å². The molecule has 0 aliphatic carbocycles. The molecule has 0 aliphatic rings. The van der Waals surface area contributed by atoms with Gasteiger partial charge in [0.2, 0.25) is 0 Å². The number of hydrogen-bond donors (Lipinski definition) is 0. The number of benzene rings is 2. The van der Waals surface area contributed by atoms with E-state index in [9.17, 15) is 0 Å². The zero-order chi connectivity index (χ0) is 12.3. The maximum absolute atomic E-state index is 5.84. The lowest BCUT2D eigenvalue weighted by molar-refractivity contribution is 0.378. The maximum Gasteiger partial charge on any atom is 0.169 e. The Morgan fingerprint density at radius 2 is 1.41 bits per heavy atom. The Morgan fingerprint density at radius 3 is 2.00 bits per heavy atom. The Morgan fingerprint density at radius 1 is 0.824 bits per heavy atom. The summed E-state index contributed by atoms with van der Waals surface area (Å²) in [4.78, 5) is 0. The van der Waals surface area contributed by atoms with Crippen LogP contribution in [0, 0.1) is 13.8 Å². The van der Waals surface area contributed by atoms with Gasteiger partial charge in [0.15, 0.2) is 11.5 Å². The van der Waals surface area contributed by atoms with Gasteiger partial charge in [-0.1, -0.05) is 18.2 Å². The third-order valence-electron chi connectivity index (χ3n) is 2.49. The lowest BCUT2D eigenvalue weighted by Crippen LogP contribution is -1.90. The van der Waals surface area contributed by atoms with Crippen LogP contribution in [0.5, 0.6) is 17.2 Å². The highest BCUT2D eigenvalue weighted by atomic mass is 16.5. The molecular weight excluding hydrogens is 212 g/mol. The molecule has 0 saturated heterocycles. The molecule has 0 heterocycles. The van der Waals surface area contributed by atoms with Gasteiger partial charge in [-0.2, -0.15) is 0 Å². The minimum atomic E-state index is 0.736. The predicted octanol–water partition coefficient (Wildman–Crippen LogP) is 4.10. The van der Waals surface area contributed by atoms with Crippen molar-refractivity contribution >= 4 is 0 Å². The van der Waals surface area contributed by atoms with Gasteiger partial charge in [0.05, 0.1) is 7.11 Å². The van der Waals surface area contributed by atoms with Crippen LogP contribution in [0.3, 0.4) is 0 Å². The SMILES string of the molecule is COc1ccccc1Oc1cc(C)cc(C)c1. The molecule has 0 aromatic heterocycles. The summed E-state index contributed by atoms with van der Waals surface area (Å²) in [6, 6.07) is 13.8. The van der Waals surface area contributed by atoms with Crippen LogP contribution in [0.1, 0.15) is 11.1 Å². The van der Waals surface area contributed by atoms with Crippen molar-refractivity contribution in [2.75, 3.05) is 7.11 Å². The van der Waals surface area contributed by atoms with E-state index < -0.39 is 0 Å². The largest absolute Gasteiger partial charge is 0.493 e. The van der Waals surface area contributed by atoms with Crippen LogP contribution in [-0.4, -0.2) is 7.11 Å². The Kier molecular flexibility index (Phi) is 3.33. The minimum Gasteiger partial charge on any atom is -0.493 e. The minimum absolute atomic E-state index is 0.736. The average molecular weight is 228 g/mol. The van der Waals surface area contributed by atoms with Gasteiger partial charge in [0.25, 0.3) is 0 Å². The fourth-order valence-electron chi connectivity index (χ4n) is 1.82. The van der Waals surface area contributed by atoms with E-state index >= 15 is 0 Å². The monoisotopic (exact) mass is 228 g/mol. The van der Waals surface area contributed by atoms with E-state index in [4.69, 9.17) is 9.47 Å². The summed E-state index contributed by atoms with van der Waals surface area (Å²) in [6.07, 6.45) is 0. The van der Waals surface area contributed by atoms with Crippen LogP contribution in [-0.2, 0) is 0 Å². The van der Waals surface area contributed by atoms with E-state index in [1.165, 1.54) is 11.1 Å². The fourth-order valence-corrected chi connectivity index (χ4v) is 1.82. The number of methoxy groups -OCH3 is 1. The molecule has 0 amide bonds. The van der Waals surface area contributed by atoms with E-state index in [1.54, 1.807) is 7.11 Å². The van der Waals surface area contributed by atoms with Crippen LogP contribution >= 0.6 is 0 Å². The molecule has 88 valence electrons. The van der Waals surface area contributed by atoms with E-state index in [1.807, 2.05) is 36.4 Å². The molecule has 2 aromatic carbocycles. The van der Waals surface area contributed by atoms with Crippen LogP contribution in [0.25, 0.3) is 0 Å². The molecule has 0 atom stereocenters. The molecule has 17 heavy (non-hydrogen) atoms. The summed E-state index contributed by atoms with van der Waals surface area (Å²) in [7, 11) is 1.64. The second-order valence-electron chi connectivity index (χ2n) is 4.08. The first-order chi connectivity index (χ1) is 8.19. The van der Waals surface area contributed by atoms with Crippen molar-refractivity contribution in [3.63, 3.8) is 0 Å². The Labute approximate surface area is 102 Å². The Hall–Kier alpha value is -1.96. The van der Waals surface area contributed by atoms with Gasteiger partial charge in [0.1, 0.15) is 5.75 Å². The number of hydrogen-bond acceptors (Lipinski definition) is 2. The average Bonchev–Trinajstić information content (AvgIpc) is 2.28. The van der Waals surface area contributed by atoms with Gasteiger partial charge in [-0.25, -0.2) is 0 Å². The maximum atomic E-state index is 5.84. The number of rotatable bonds is 3. The van der Waals surface area contributed by atoms with Crippen molar-refractivity contribution in [2.45, 2.75) is 13.8 Å². The molecule has 2 rings (SSSR count). The molecule has 0 N–H and O–H groups in total. The standard InChI is InChI=1S/C15H16O2/c1-11-8-12(2)10-13(9-11)17-15-7-5-4-6-14(15)16-3/h4-10H,1-3H3. The molecule has 0 spiro atoms. The third kappa shape index (κ3) is 2.78. The topological polar surface area (TPSA) is 18.5 Å². The van der Waals surface area contributed by atoms with E-state index in [0.717, 1.165) is 17.2 Å². The summed E-state index contributed by atoms with van der Waals surface area (Å²) < 4.78 is 11.1. The highest BCUT2D eigenvalue weighted by Gasteiger charge is 2.04. The highest BCUT2D eigenvalue weighted by molar-refractivity contribution is 5.44. The number of aryl methyl sites for hydroxylation is 2. The number of para-hydroxylation sites is 2. The van der Waals surface area contributed by atoms with Crippen LogP contribution in [0.15, 0.2) is 42.5 Å². The molecule has 2 aromatic rings. The van der Waals surface area contributed by atoms with Gasteiger partial charge >= 0.3 is 0 Å². The lowest BCUT2D eigenvalue weighted by Gasteiger charge is -2.11. The summed E-state index contributed by atoms with van der Waals surface area (Å²) >= 11 is 0. The molecule has 0 bridgehead atoms. The summed E-state index contributed by atoms with van der Waals surface area (Å²) in [5, 5.41) is 0. The molecule has 0 radical (unpaired) electrons. The molecule has 0 unspecified atom stereocenters. The smallest absolute Gasteiger partial charge is 0.169 e. The first-order valence-electron chi connectivity index (χ1n) is 5.58. The predicted molar refractivity (Wildman–Crippen MR) is 69.0 cm³/mol. The Balaban J connectivity index is 2.31. The van der Waals surface area contributed by atoms with Gasteiger partial charge in [0, 0.05) is 0 Å². The second-order valence-corrected chi connectivity index (χ2v) is 4.08. The van der Waals surface area contributed by atoms with E-state index in [-0.39, 0.29) is 0 Å². The van der Waals surface area contributed by atoms with Gasteiger partial charge in [-0.3, -0.25) is 0 Å². The van der Waals surface area contributed by atoms with Crippen molar-refractivity contribution in [1.82, 2.24) is 0 Å². The third-order valence-corrected chi connectivity index (χ3v) is 2.49. The van der Waals surface area contributed by atoms with Gasteiger partial charge in [-0.05, 0) is 49.2 Å². The van der Waals surface area contributed by atoms with E-state index in [2.05, 4.69) is 19.9 Å². The van der Waals surface area contributed by atoms with Crippen molar-refractivity contribution < 1.29 is 9.47 Å². The summed E-state index contributed by atoms with van der Waals surface area (Å²) in [6.45, 7) is 4.12. The zero-order valence-electron chi connectivity index (χ0n) is 10.4. The zero-order valence-corrected chi connectivity index (χ0v) is 10.4. The van der Waals surface area contributed by atoms with Crippen molar-refractivity contribution in [1.29, 1.82) is 0 Å². The molecule has 2 heteroatoms. The van der Waals surface area contributed by atoms with Crippen molar-refractivity contribution in [2.24, 2.45) is 0 Å².